The van der Waals surface area contributed by atoms with Gasteiger partial charge >= 0.3 is 0 Å². The third-order valence-corrected chi connectivity index (χ3v) is 2.82. The van der Waals surface area contributed by atoms with Crippen LogP contribution in [0.4, 0.5) is 0 Å². The molecule has 1 heterocycles. The lowest BCUT2D eigenvalue weighted by Crippen LogP contribution is -2.08. The summed E-state index contributed by atoms with van der Waals surface area (Å²) in [5.74, 6) is 1.62. The van der Waals surface area contributed by atoms with Gasteiger partial charge in [-0.05, 0) is 24.3 Å². The molecular weight excluding hydrogens is 238 g/mol. The molecule has 0 spiro atoms. The number of imidazole rings is 1. The summed E-state index contributed by atoms with van der Waals surface area (Å²) in [4.78, 5) is 4.25. The lowest BCUT2D eigenvalue weighted by molar-refractivity contribution is 0.291. The van der Waals surface area contributed by atoms with Gasteiger partial charge in [-0.1, -0.05) is 11.6 Å². The quantitative estimate of drug-likeness (QED) is 0.906. The molecule has 2 aromatic rings. The van der Waals surface area contributed by atoms with Crippen molar-refractivity contribution in [1.29, 1.82) is 0 Å². The fraction of sp³-hybridized carbons (Fsp3) is 0.250. The van der Waals surface area contributed by atoms with Crippen LogP contribution in [-0.4, -0.2) is 9.55 Å². The highest BCUT2D eigenvalue weighted by molar-refractivity contribution is 6.30. The van der Waals surface area contributed by atoms with Gasteiger partial charge < -0.3 is 15.0 Å². The van der Waals surface area contributed by atoms with Gasteiger partial charge in [0.15, 0.2) is 0 Å². The molecule has 0 radical (unpaired) electrons. The average molecular weight is 252 g/mol. The number of nitrogens with two attached hydrogens (primary N) is 1. The molecule has 0 saturated carbocycles. The number of nitrogens with zero attached hydrogens (tertiary/aromatic N) is 2. The smallest absolute Gasteiger partial charge is 0.146 e. The number of halogens is 1. The minimum atomic E-state index is 0.415. The predicted molar refractivity (Wildman–Crippen MR) is 66.9 cm³/mol. The summed E-state index contributed by atoms with van der Waals surface area (Å²) in [6.45, 7) is 0.891. The van der Waals surface area contributed by atoms with Crippen LogP contribution >= 0.6 is 11.6 Å². The van der Waals surface area contributed by atoms with Crippen LogP contribution in [0.5, 0.6) is 5.75 Å². The first kappa shape index (κ1) is 12.0. The average Bonchev–Trinajstić information content (AvgIpc) is 2.69. The molecule has 0 aliphatic heterocycles. The van der Waals surface area contributed by atoms with Crippen molar-refractivity contribution in [1.82, 2.24) is 9.55 Å². The van der Waals surface area contributed by atoms with Crippen molar-refractivity contribution in [3.63, 3.8) is 0 Å². The van der Waals surface area contributed by atoms with Crippen molar-refractivity contribution < 1.29 is 4.74 Å². The number of aromatic nitrogens is 2. The van der Waals surface area contributed by atoms with Crippen LogP contribution < -0.4 is 10.5 Å². The van der Waals surface area contributed by atoms with Gasteiger partial charge in [-0.3, -0.25) is 0 Å². The van der Waals surface area contributed by atoms with Crippen molar-refractivity contribution >= 4 is 11.6 Å². The van der Waals surface area contributed by atoms with Gasteiger partial charge in [-0.25, -0.2) is 4.98 Å². The highest BCUT2D eigenvalue weighted by atomic mass is 35.5. The molecule has 0 saturated heterocycles. The topological polar surface area (TPSA) is 53.1 Å². The van der Waals surface area contributed by atoms with E-state index in [4.69, 9.17) is 22.1 Å². The first-order valence-electron chi connectivity index (χ1n) is 5.28. The zero-order chi connectivity index (χ0) is 12.3. The summed E-state index contributed by atoms with van der Waals surface area (Å²) in [6, 6.07) is 7.24. The van der Waals surface area contributed by atoms with E-state index >= 15 is 0 Å². The summed E-state index contributed by atoms with van der Waals surface area (Å²) in [6.07, 6.45) is 1.76. The van der Waals surface area contributed by atoms with Gasteiger partial charge in [0.05, 0.1) is 5.69 Å². The molecule has 4 nitrogen and oxygen atoms in total. The Labute approximate surface area is 105 Å². The van der Waals surface area contributed by atoms with Gasteiger partial charge in [-0.2, -0.15) is 0 Å². The van der Waals surface area contributed by atoms with E-state index in [9.17, 15) is 0 Å². The molecule has 0 atom stereocenters. The van der Waals surface area contributed by atoms with Crippen LogP contribution in [0.15, 0.2) is 30.5 Å². The summed E-state index contributed by atoms with van der Waals surface area (Å²) < 4.78 is 7.54. The Hall–Kier alpha value is -1.52. The second-order valence-electron chi connectivity index (χ2n) is 3.67. The first-order chi connectivity index (χ1) is 8.20. The van der Waals surface area contributed by atoms with Crippen LogP contribution in [0, 0.1) is 0 Å². The summed E-state index contributed by atoms with van der Waals surface area (Å²) >= 11 is 5.79. The van der Waals surface area contributed by atoms with Gasteiger partial charge in [0.2, 0.25) is 0 Å². The Bertz CT molecular complexity index is 493. The second-order valence-corrected chi connectivity index (χ2v) is 4.11. The lowest BCUT2D eigenvalue weighted by atomic mass is 10.3. The molecule has 2 N–H and O–H groups in total. The van der Waals surface area contributed by atoms with E-state index in [0.29, 0.717) is 18.2 Å². The Morgan fingerprint density at radius 1 is 1.35 bits per heavy atom. The Morgan fingerprint density at radius 2 is 2.06 bits per heavy atom. The summed E-state index contributed by atoms with van der Waals surface area (Å²) in [5.41, 5.74) is 6.56. The van der Waals surface area contributed by atoms with Crippen molar-refractivity contribution in [3.8, 4) is 5.75 Å². The molecule has 17 heavy (non-hydrogen) atoms. The molecule has 0 bridgehead atoms. The van der Waals surface area contributed by atoms with E-state index in [1.165, 1.54) is 0 Å². The molecule has 2 rings (SSSR count). The van der Waals surface area contributed by atoms with Gasteiger partial charge in [-0.15, -0.1) is 0 Å². The number of benzene rings is 1. The van der Waals surface area contributed by atoms with Crippen LogP contribution in [0.3, 0.4) is 0 Å². The van der Waals surface area contributed by atoms with Crippen LogP contribution in [0.2, 0.25) is 5.02 Å². The predicted octanol–water partition coefficient (Wildman–Crippen LogP) is 2.11. The molecule has 1 aromatic carbocycles. The molecule has 0 aliphatic carbocycles. The largest absolute Gasteiger partial charge is 0.486 e. The zero-order valence-electron chi connectivity index (χ0n) is 9.56. The van der Waals surface area contributed by atoms with Crippen molar-refractivity contribution in [2.75, 3.05) is 0 Å². The SMILES string of the molecule is Cn1c(CN)cnc1COc1ccc(Cl)cc1. The number of hydrogen-bond donors (Lipinski definition) is 1. The van der Waals surface area contributed by atoms with Gasteiger partial charge in [0, 0.05) is 24.8 Å². The maximum Gasteiger partial charge on any atom is 0.146 e. The maximum absolute atomic E-state index is 5.79. The van der Waals surface area contributed by atoms with Crippen LogP contribution in [0.25, 0.3) is 0 Å². The van der Waals surface area contributed by atoms with Gasteiger partial charge in [0.1, 0.15) is 18.2 Å². The minimum absolute atomic E-state index is 0.415. The fourth-order valence-electron chi connectivity index (χ4n) is 1.49. The monoisotopic (exact) mass is 251 g/mol. The minimum Gasteiger partial charge on any atom is -0.486 e. The third-order valence-electron chi connectivity index (χ3n) is 2.57. The number of ether oxygens (including phenoxy) is 1. The number of hydrogen-bond acceptors (Lipinski definition) is 3. The molecule has 0 fully saturated rings. The van der Waals surface area contributed by atoms with Crippen LogP contribution in [0.1, 0.15) is 11.5 Å². The lowest BCUT2D eigenvalue weighted by Gasteiger charge is -2.07. The highest BCUT2D eigenvalue weighted by Gasteiger charge is 2.05. The number of rotatable bonds is 4. The molecular formula is C12H14ClN3O. The molecule has 0 amide bonds. The highest BCUT2D eigenvalue weighted by Crippen LogP contribution is 2.16. The summed E-state index contributed by atoms with van der Waals surface area (Å²) in [5, 5.41) is 0.694. The zero-order valence-corrected chi connectivity index (χ0v) is 10.3. The first-order valence-corrected chi connectivity index (χ1v) is 5.66. The molecule has 0 unspecified atom stereocenters. The van der Waals surface area contributed by atoms with Crippen molar-refractivity contribution in [2.24, 2.45) is 12.8 Å². The molecule has 90 valence electrons. The Morgan fingerprint density at radius 3 is 2.65 bits per heavy atom. The third kappa shape index (κ3) is 2.78. The van der Waals surface area contributed by atoms with Crippen molar-refractivity contribution in [2.45, 2.75) is 13.2 Å². The van der Waals surface area contributed by atoms with E-state index in [1.807, 2.05) is 23.7 Å². The normalized spacial score (nSPS) is 10.5. The van der Waals surface area contributed by atoms with E-state index in [2.05, 4.69) is 4.98 Å². The van der Waals surface area contributed by atoms with E-state index in [1.54, 1.807) is 18.3 Å². The van der Waals surface area contributed by atoms with E-state index < -0.39 is 0 Å². The summed E-state index contributed by atoms with van der Waals surface area (Å²) in [7, 11) is 1.93. The van der Waals surface area contributed by atoms with Gasteiger partial charge in [0.25, 0.3) is 0 Å². The maximum atomic E-state index is 5.79. The van der Waals surface area contributed by atoms with Crippen LogP contribution in [-0.2, 0) is 20.2 Å². The molecule has 5 heteroatoms. The second kappa shape index (κ2) is 5.21. The van der Waals surface area contributed by atoms with Crippen molar-refractivity contribution in [3.05, 3.63) is 47.0 Å². The standard InChI is InChI=1S/C12H14ClN3O/c1-16-10(6-14)7-15-12(16)8-17-11-4-2-9(13)3-5-11/h2-5,7H,6,8,14H2,1H3. The Kier molecular flexibility index (Phi) is 3.66. The van der Waals surface area contributed by atoms with E-state index in [-0.39, 0.29) is 0 Å². The van der Waals surface area contributed by atoms with E-state index in [0.717, 1.165) is 17.3 Å². The molecule has 1 aromatic heterocycles. The Balaban J connectivity index is 2.02. The molecule has 0 aliphatic rings. The fourth-order valence-corrected chi connectivity index (χ4v) is 1.62.